The number of allylic oxidation sites excluding steroid dienone is 2. The maximum Gasteiger partial charge on any atom is 0.408 e. The molecule has 62 heavy (non-hydrogen) atoms. The minimum absolute atomic E-state index is 0.0115. The second kappa shape index (κ2) is 17.7. The Bertz CT molecular complexity index is 2210. The molecule has 4 amide bonds. The van der Waals surface area contributed by atoms with E-state index in [1.54, 1.807) is 32.1 Å². The van der Waals surface area contributed by atoms with Gasteiger partial charge in [0.1, 0.15) is 34.3 Å². The van der Waals surface area contributed by atoms with Gasteiger partial charge < -0.3 is 25.0 Å². The van der Waals surface area contributed by atoms with Gasteiger partial charge in [0.15, 0.2) is 0 Å². The fourth-order valence-electron chi connectivity index (χ4n) is 9.59. The van der Waals surface area contributed by atoms with Crippen molar-refractivity contribution in [2.75, 3.05) is 6.54 Å². The van der Waals surface area contributed by atoms with Gasteiger partial charge in [-0.1, -0.05) is 50.3 Å². The van der Waals surface area contributed by atoms with Gasteiger partial charge in [-0.25, -0.2) is 18.2 Å². The number of thiazole rings is 1. The molecule has 5 atom stereocenters. The highest BCUT2D eigenvalue weighted by atomic mass is 32.2. The minimum Gasteiger partial charge on any atom is -0.459 e. The van der Waals surface area contributed by atoms with Crippen molar-refractivity contribution < 1.29 is 37.1 Å². The number of carbonyl (C=O) groups is 4. The molecule has 8 rings (SSSR count). The number of imidazole rings is 1. The van der Waals surface area contributed by atoms with E-state index in [1.807, 2.05) is 12.2 Å². The van der Waals surface area contributed by atoms with E-state index in [4.69, 9.17) is 19.4 Å². The molecule has 4 fully saturated rings. The minimum atomic E-state index is -3.90. The number of hydrogen-bond donors (Lipinski definition) is 3. The van der Waals surface area contributed by atoms with Crippen LogP contribution in [0.5, 0.6) is 6.01 Å². The van der Waals surface area contributed by atoms with Crippen molar-refractivity contribution in [1.29, 1.82) is 0 Å². The second-order valence-corrected chi connectivity index (χ2v) is 22.2. The number of hydrogen-bond acceptors (Lipinski definition) is 11. The van der Waals surface area contributed by atoms with E-state index in [0.29, 0.717) is 44.0 Å². The molecule has 6 aliphatic rings. The first-order chi connectivity index (χ1) is 29.5. The Balaban J connectivity index is 1.09. The number of sulfonamides is 1. The third-order valence-corrected chi connectivity index (χ3v) is 15.8. The van der Waals surface area contributed by atoms with Crippen LogP contribution >= 0.6 is 11.3 Å². The molecule has 3 saturated carbocycles. The topological polar surface area (TPSA) is 191 Å². The summed E-state index contributed by atoms with van der Waals surface area (Å²) in [6.07, 6.45) is 16.8. The van der Waals surface area contributed by atoms with E-state index in [9.17, 15) is 27.6 Å². The monoisotopic (exact) mass is 893 g/mol. The van der Waals surface area contributed by atoms with Crippen LogP contribution in [0.25, 0.3) is 5.57 Å². The molecule has 0 bridgehead atoms. The van der Waals surface area contributed by atoms with Gasteiger partial charge in [0.25, 0.3) is 11.9 Å². The Hall–Kier alpha value is -4.25. The Morgan fingerprint density at radius 2 is 1.74 bits per heavy atom. The SMILES string of the molecule is CC(C)n1c(O[C@@H]2C[C@H]3C(=O)N[C@]4(C(=O)NS(=O)(=O)C5CC5)C[C@H]4/C=C\CCCCC[C@H](NC(=O)OC(C)(C)C)C(=O)N3C2)nc2c1CCC=C2c1nc(C2CCCCC2)cs1. The van der Waals surface area contributed by atoms with Gasteiger partial charge in [-0.3, -0.25) is 23.7 Å². The van der Waals surface area contributed by atoms with E-state index in [2.05, 4.69) is 45.2 Å². The van der Waals surface area contributed by atoms with E-state index in [0.717, 1.165) is 53.3 Å². The molecule has 0 unspecified atom stereocenters. The van der Waals surface area contributed by atoms with E-state index < -0.39 is 74.3 Å². The lowest BCUT2D eigenvalue weighted by molar-refractivity contribution is -0.141. The maximum atomic E-state index is 14.8. The lowest BCUT2D eigenvalue weighted by atomic mass is 9.87. The van der Waals surface area contributed by atoms with Crippen LogP contribution in [0.1, 0.15) is 165 Å². The van der Waals surface area contributed by atoms with Crippen molar-refractivity contribution in [2.24, 2.45) is 5.92 Å². The molecule has 2 aromatic rings. The van der Waals surface area contributed by atoms with Gasteiger partial charge in [-0.05, 0) is 98.8 Å². The third-order valence-electron chi connectivity index (χ3n) is 13.1. The number of alkyl carbamates (subject to hydrolysis) is 1. The number of nitrogens with zero attached hydrogens (tertiary/aromatic N) is 4. The van der Waals surface area contributed by atoms with Crippen LogP contribution in [0.2, 0.25) is 0 Å². The summed E-state index contributed by atoms with van der Waals surface area (Å²) in [6.45, 7) is 9.41. The van der Waals surface area contributed by atoms with Crippen LogP contribution in [0.15, 0.2) is 23.6 Å². The predicted molar refractivity (Wildman–Crippen MR) is 235 cm³/mol. The molecule has 15 nitrogen and oxygen atoms in total. The number of fused-ring (bicyclic) bond motifs is 3. The highest BCUT2D eigenvalue weighted by Gasteiger charge is 2.62. The number of carbonyl (C=O) groups excluding carboxylic acids is 4. The Kier molecular flexibility index (Phi) is 12.7. The number of ether oxygens (including phenoxy) is 2. The van der Waals surface area contributed by atoms with Crippen LogP contribution < -0.4 is 20.1 Å². The lowest BCUT2D eigenvalue weighted by Gasteiger charge is -2.30. The van der Waals surface area contributed by atoms with Crippen molar-refractivity contribution >= 4 is 50.7 Å². The quantitative estimate of drug-likeness (QED) is 0.232. The predicted octanol–water partition coefficient (Wildman–Crippen LogP) is 6.59. The molecular weight excluding hydrogens is 831 g/mol. The Morgan fingerprint density at radius 1 is 1.00 bits per heavy atom. The Morgan fingerprint density at radius 3 is 2.47 bits per heavy atom. The standard InChI is InChI=1S/C45H63N7O8S2/c1-27(2)52-35-20-14-18-32(39-46-34(26-61-39)28-15-10-9-11-16-28)37(35)48-42(52)59-30-23-36-38(53)49-45(41(55)50-62(57,58)31-21-22-31)24-29(45)17-12-7-6-8-13-19-33(40(54)51(36)25-30)47-43(56)60-44(3,4)5/h12,17-18,26-31,33,36H,6-11,13-16,19-25H2,1-5H3,(H,47,56)(H,49,53)(H,50,55)/b17-12-/t29-,30-,33+,36+,45-/m1/s1. The summed E-state index contributed by atoms with van der Waals surface area (Å²) in [4.78, 5) is 68.2. The fourth-order valence-corrected chi connectivity index (χ4v) is 11.9. The first-order valence-corrected chi connectivity index (χ1v) is 25.2. The first kappa shape index (κ1) is 44.4. The first-order valence-electron chi connectivity index (χ1n) is 22.8. The van der Waals surface area contributed by atoms with E-state index in [-0.39, 0.29) is 25.4 Å². The summed E-state index contributed by atoms with van der Waals surface area (Å²) in [7, 11) is -3.90. The van der Waals surface area contributed by atoms with E-state index >= 15 is 0 Å². The van der Waals surface area contributed by atoms with Gasteiger partial charge in [0.2, 0.25) is 21.8 Å². The average molecular weight is 894 g/mol. The highest BCUT2D eigenvalue weighted by molar-refractivity contribution is 7.91. The normalized spacial score (nSPS) is 28.0. The molecule has 0 aromatic carbocycles. The zero-order valence-corrected chi connectivity index (χ0v) is 38.4. The van der Waals surface area contributed by atoms with Crippen LogP contribution in [0, 0.1) is 5.92 Å². The van der Waals surface area contributed by atoms with Gasteiger partial charge in [-0.15, -0.1) is 11.3 Å². The fraction of sp³-hybridized carbons (Fsp3) is 0.689. The van der Waals surface area contributed by atoms with Crippen LogP contribution in [0.4, 0.5) is 4.79 Å². The molecule has 4 aliphatic carbocycles. The van der Waals surface area contributed by atoms with Gasteiger partial charge in [-0.2, -0.15) is 4.98 Å². The van der Waals surface area contributed by atoms with Crippen molar-refractivity contribution in [2.45, 2.75) is 184 Å². The molecule has 0 radical (unpaired) electrons. The number of aromatic nitrogens is 3. The molecule has 0 spiro atoms. The number of nitrogens with one attached hydrogen (secondary N) is 3. The summed E-state index contributed by atoms with van der Waals surface area (Å²) in [6, 6.07) is -1.72. The average Bonchev–Trinajstić information content (AvgIpc) is 4.03. The number of amides is 4. The molecule has 3 N–H and O–H groups in total. The molecule has 17 heteroatoms. The van der Waals surface area contributed by atoms with Gasteiger partial charge >= 0.3 is 6.09 Å². The maximum absolute atomic E-state index is 14.8. The van der Waals surface area contributed by atoms with Gasteiger partial charge in [0, 0.05) is 40.9 Å². The summed E-state index contributed by atoms with van der Waals surface area (Å²) in [5, 5.41) is 8.25. The molecular formula is C45H63N7O8S2. The van der Waals surface area contributed by atoms with Crippen LogP contribution in [-0.2, 0) is 35.6 Å². The van der Waals surface area contributed by atoms with Crippen LogP contribution in [-0.4, -0.2) is 92.8 Å². The van der Waals surface area contributed by atoms with Crippen molar-refractivity contribution in [3.05, 3.63) is 45.7 Å². The van der Waals surface area contributed by atoms with Gasteiger partial charge in [0.05, 0.1) is 23.2 Å². The van der Waals surface area contributed by atoms with Crippen molar-refractivity contribution in [1.82, 2.24) is 34.8 Å². The zero-order chi connectivity index (χ0) is 44.0. The molecule has 2 aliphatic heterocycles. The second-order valence-electron chi connectivity index (χ2n) is 19.4. The third kappa shape index (κ3) is 9.63. The summed E-state index contributed by atoms with van der Waals surface area (Å²) in [5.74, 6) is -1.77. The van der Waals surface area contributed by atoms with Crippen molar-refractivity contribution in [3.8, 4) is 6.01 Å². The summed E-state index contributed by atoms with van der Waals surface area (Å²) < 4.78 is 42.7. The zero-order valence-electron chi connectivity index (χ0n) is 36.7. The van der Waals surface area contributed by atoms with E-state index in [1.165, 1.54) is 37.0 Å². The number of rotatable bonds is 9. The lowest BCUT2D eigenvalue weighted by Crippen LogP contribution is -2.58. The largest absolute Gasteiger partial charge is 0.459 e. The summed E-state index contributed by atoms with van der Waals surface area (Å²) in [5.41, 5.74) is 1.72. The molecule has 338 valence electrons. The Labute approximate surface area is 369 Å². The molecule has 2 aromatic heterocycles. The molecule has 1 saturated heterocycles. The van der Waals surface area contributed by atoms with Crippen molar-refractivity contribution in [3.63, 3.8) is 0 Å². The van der Waals surface area contributed by atoms with Crippen LogP contribution in [0.3, 0.4) is 0 Å². The smallest absolute Gasteiger partial charge is 0.408 e. The molecule has 4 heterocycles. The highest BCUT2D eigenvalue weighted by Crippen LogP contribution is 2.46. The summed E-state index contributed by atoms with van der Waals surface area (Å²) >= 11 is 1.65.